The number of aliphatic imine (C=N–C) groups is 1. The van der Waals surface area contributed by atoms with E-state index in [-0.39, 0.29) is 5.91 Å². The summed E-state index contributed by atoms with van der Waals surface area (Å²) in [5.74, 6) is 1.28. The summed E-state index contributed by atoms with van der Waals surface area (Å²) in [4.78, 5) is 24.2. The van der Waals surface area contributed by atoms with Gasteiger partial charge in [-0.2, -0.15) is 0 Å². The van der Waals surface area contributed by atoms with Gasteiger partial charge in [0.2, 0.25) is 5.91 Å². The molecule has 3 aromatic rings. The van der Waals surface area contributed by atoms with Gasteiger partial charge in [-0.3, -0.25) is 14.2 Å². The van der Waals surface area contributed by atoms with Gasteiger partial charge in [0.15, 0.2) is 10.9 Å². The number of carbonyl (C=O) groups is 1. The number of nitrogens with one attached hydrogen (secondary N) is 2. The van der Waals surface area contributed by atoms with Gasteiger partial charge in [0, 0.05) is 56.8 Å². The second-order valence-electron chi connectivity index (χ2n) is 7.28. The Morgan fingerprint density at radius 2 is 2.17 bits per heavy atom. The Kier molecular flexibility index (Phi) is 6.09. The number of thiazole rings is 1. The highest BCUT2D eigenvalue weighted by Gasteiger charge is 2.29. The highest BCUT2D eigenvalue weighted by molar-refractivity contribution is 7.15. The fourth-order valence-electron chi connectivity index (χ4n) is 3.61. The van der Waals surface area contributed by atoms with E-state index < -0.39 is 0 Å². The van der Waals surface area contributed by atoms with E-state index in [2.05, 4.69) is 32.7 Å². The first-order valence-electron chi connectivity index (χ1n) is 9.88. The van der Waals surface area contributed by atoms with Gasteiger partial charge in [0.1, 0.15) is 0 Å². The molecule has 1 amide bonds. The summed E-state index contributed by atoms with van der Waals surface area (Å²) in [5, 5.41) is 8.67. The minimum Gasteiger partial charge on any atom is -0.356 e. The van der Waals surface area contributed by atoms with Gasteiger partial charge >= 0.3 is 0 Å². The van der Waals surface area contributed by atoms with Gasteiger partial charge in [-0.15, -0.1) is 11.3 Å². The summed E-state index contributed by atoms with van der Waals surface area (Å²) in [5.41, 5.74) is 2.24. The number of aromatic nitrogens is 2. The van der Waals surface area contributed by atoms with E-state index in [1.807, 2.05) is 45.3 Å². The molecule has 1 unspecified atom stereocenters. The molecular formula is C21H26N6OS. The Bertz CT molecular complexity index is 951. The lowest BCUT2D eigenvalue weighted by Crippen LogP contribution is -2.40. The molecule has 1 aliphatic rings. The van der Waals surface area contributed by atoms with Crippen molar-refractivity contribution in [3.05, 3.63) is 59.4 Å². The van der Waals surface area contributed by atoms with Crippen LogP contribution in [0, 0.1) is 5.92 Å². The third-order valence-corrected chi connectivity index (χ3v) is 5.94. The molecule has 0 bridgehead atoms. The molecule has 0 aliphatic carbocycles. The zero-order valence-corrected chi connectivity index (χ0v) is 17.4. The summed E-state index contributed by atoms with van der Waals surface area (Å²) in [6.07, 6.45) is 5.52. The first kappa shape index (κ1) is 19.4. The zero-order chi connectivity index (χ0) is 20.1. The highest BCUT2D eigenvalue weighted by atomic mass is 32.1. The van der Waals surface area contributed by atoms with Crippen LogP contribution in [0.4, 0.5) is 0 Å². The van der Waals surface area contributed by atoms with E-state index in [1.165, 1.54) is 5.56 Å². The number of likely N-dealkylation sites (tertiary alicyclic amines) is 1. The largest absolute Gasteiger partial charge is 0.356 e. The topological polar surface area (TPSA) is 74.0 Å². The summed E-state index contributed by atoms with van der Waals surface area (Å²) in [6.45, 7) is 2.92. The fraction of sp³-hybridized carbons (Fsp3) is 0.381. The molecule has 2 aromatic heterocycles. The van der Waals surface area contributed by atoms with Crippen LogP contribution in [-0.2, 0) is 17.8 Å². The molecule has 1 atom stereocenters. The molecule has 0 radical (unpaired) electrons. The highest BCUT2D eigenvalue weighted by Crippen LogP contribution is 2.17. The minimum atomic E-state index is 0.244. The molecule has 1 saturated heterocycles. The monoisotopic (exact) mass is 410 g/mol. The number of fused-ring (bicyclic) bond motifs is 1. The number of hydrogen-bond acceptors (Lipinski definition) is 4. The molecule has 1 aromatic carbocycles. The Morgan fingerprint density at radius 3 is 2.97 bits per heavy atom. The molecule has 7 nitrogen and oxygen atoms in total. The number of nitrogens with zero attached hydrogens (tertiary/aromatic N) is 4. The number of hydrogen-bond donors (Lipinski definition) is 2. The average Bonchev–Trinajstić information content (AvgIpc) is 3.42. The molecule has 29 heavy (non-hydrogen) atoms. The van der Waals surface area contributed by atoms with Gasteiger partial charge in [-0.1, -0.05) is 30.3 Å². The lowest BCUT2D eigenvalue weighted by Gasteiger charge is -2.17. The third-order valence-electron chi connectivity index (χ3n) is 5.17. The molecule has 152 valence electrons. The van der Waals surface area contributed by atoms with Crippen molar-refractivity contribution in [2.45, 2.75) is 19.4 Å². The van der Waals surface area contributed by atoms with Crippen molar-refractivity contribution in [2.75, 3.05) is 26.7 Å². The molecule has 0 saturated carbocycles. The molecule has 1 fully saturated rings. The first-order valence-corrected chi connectivity index (χ1v) is 10.8. The number of rotatable bonds is 7. The van der Waals surface area contributed by atoms with Gasteiger partial charge in [-0.05, 0) is 12.0 Å². The van der Waals surface area contributed by atoms with E-state index in [4.69, 9.17) is 0 Å². The average molecular weight is 411 g/mol. The Labute approximate surface area is 174 Å². The van der Waals surface area contributed by atoms with Crippen molar-refractivity contribution in [2.24, 2.45) is 10.9 Å². The number of benzene rings is 1. The van der Waals surface area contributed by atoms with Crippen LogP contribution in [-0.4, -0.2) is 52.8 Å². The normalized spacial score (nSPS) is 17.3. The maximum Gasteiger partial charge on any atom is 0.223 e. The van der Waals surface area contributed by atoms with Crippen LogP contribution in [0.25, 0.3) is 4.96 Å². The van der Waals surface area contributed by atoms with Crippen LogP contribution >= 0.6 is 11.3 Å². The summed E-state index contributed by atoms with van der Waals surface area (Å²) in [7, 11) is 1.76. The molecule has 2 N–H and O–H groups in total. The summed E-state index contributed by atoms with van der Waals surface area (Å²) >= 11 is 1.62. The minimum absolute atomic E-state index is 0.244. The lowest BCUT2D eigenvalue weighted by atomic mass is 10.1. The van der Waals surface area contributed by atoms with E-state index >= 15 is 0 Å². The van der Waals surface area contributed by atoms with Crippen LogP contribution in [0.5, 0.6) is 0 Å². The van der Waals surface area contributed by atoms with Crippen molar-refractivity contribution in [3.8, 4) is 0 Å². The van der Waals surface area contributed by atoms with Gasteiger partial charge in [-0.25, -0.2) is 4.98 Å². The molecule has 3 heterocycles. The van der Waals surface area contributed by atoms with Crippen molar-refractivity contribution in [3.63, 3.8) is 0 Å². The van der Waals surface area contributed by atoms with Crippen LogP contribution in [0.2, 0.25) is 0 Å². The van der Waals surface area contributed by atoms with Crippen molar-refractivity contribution >= 4 is 28.2 Å². The van der Waals surface area contributed by atoms with E-state index in [1.54, 1.807) is 18.4 Å². The molecule has 8 heteroatoms. The number of amides is 1. The number of imidazole rings is 1. The molecular weight excluding hydrogens is 384 g/mol. The Morgan fingerprint density at radius 1 is 1.31 bits per heavy atom. The summed E-state index contributed by atoms with van der Waals surface area (Å²) < 4.78 is 2.02. The van der Waals surface area contributed by atoms with Crippen LogP contribution in [0.15, 0.2) is 53.1 Å². The van der Waals surface area contributed by atoms with Gasteiger partial charge in [0.25, 0.3) is 0 Å². The van der Waals surface area contributed by atoms with Gasteiger partial charge < -0.3 is 15.5 Å². The molecule has 0 spiro atoms. The molecule has 1 aliphatic heterocycles. The standard InChI is InChI=1S/C21H26N6OS/c1-22-20(24-13-18-15-27-9-10-29-21(27)25-18)23-12-17-11-19(28)26(14-17)8-7-16-5-3-2-4-6-16/h2-6,9-10,15,17H,7-8,11-14H2,1H3,(H2,22,23,24). The third kappa shape index (κ3) is 4.95. The fourth-order valence-corrected chi connectivity index (χ4v) is 4.33. The van der Waals surface area contributed by atoms with E-state index in [0.29, 0.717) is 18.9 Å². The van der Waals surface area contributed by atoms with Gasteiger partial charge in [0.05, 0.1) is 12.2 Å². The second kappa shape index (κ2) is 9.09. The predicted molar refractivity (Wildman–Crippen MR) is 116 cm³/mol. The first-order chi connectivity index (χ1) is 14.2. The maximum atomic E-state index is 12.3. The SMILES string of the molecule is CN=C(NCc1cn2ccsc2n1)NCC1CC(=O)N(CCc2ccccc2)C1. The van der Waals surface area contributed by atoms with E-state index in [0.717, 1.165) is 42.7 Å². The van der Waals surface area contributed by atoms with Crippen molar-refractivity contribution in [1.29, 1.82) is 0 Å². The van der Waals surface area contributed by atoms with Crippen molar-refractivity contribution < 1.29 is 4.79 Å². The Balaban J connectivity index is 1.21. The second-order valence-corrected chi connectivity index (χ2v) is 8.15. The number of guanidine groups is 1. The van der Waals surface area contributed by atoms with Crippen LogP contribution in [0.3, 0.4) is 0 Å². The zero-order valence-electron chi connectivity index (χ0n) is 16.5. The maximum absolute atomic E-state index is 12.3. The van der Waals surface area contributed by atoms with Crippen LogP contribution < -0.4 is 10.6 Å². The van der Waals surface area contributed by atoms with Crippen molar-refractivity contribution in [1.82, 2.24) is 24.9 Å². The van der Waals surface area contributed by atoms with E-state index in [9.17, 15) is 4.79 Å². The number of carbonyl (C=O) groups excluding carboxylic acids is 1. The summed E-state index contributed by atoms with van der Waals surface area (Å²) in [6, 6.07) is 10.3. The van der Waals surface area contributed by atoms with Crippen LogP contribution in [0.1, 0.15) is 17.7 Å². The molecule has 4 rings (SSSR count). The predicted octanol–water partition coefficient (Wildman–Crippen LogP) is 2.15. The quantitative estimate of drug-likeness (QED) is 0.462. The smallest absolute Gasteiger partial charge is 0.223 e. The lowest BCUT2D eigenvalue weighted by molar-refractivity contribution is -0.127. The Hall–Kier alpha value is -2.87.